The molecular weight excluding hydrogens is 250 g/mol. The summed E-state index contributed by atoms with van der Waals surface area (Å²) in [7, 11) is 0. The van der Waals surface area contributed by atoms with Gasteiger partial charge in [0.1, 0.15) is 0 Å². The second-order valence-corrected chi connectivity index (χ2v) is 6.48. The van der Waals surface area contributed by atoms with Crippen molar-refractivity contribution in [1.29, 1.82) is 0 Å². The number of hydrogen-bond acceptors (Lipinski definition) is 2. The van der Waals surface area contributed by atoms with Crippen molar-refractivity contribution in [2.24, 2.45) is 5.92 Å². The molecule has 0 bridgehead atoms. The lowest BCUT2D eigenvalue weighted by atomic mass is 10.0. The minimum absolute atomic E-state index is 0.358. The Balaban J connectivity index is 1.49. The number of carbonyl (C=O) groups is 1. The van der Waals surface area contributed by atoms with Gasteiger partial charge in [-0.15, -0.1) is 0 Å². The minimum Gasteiger partial charge on any atom is -0.342 e. The Morgan fingerprint density at radius 1 is 1.40 bits per heavy atom. The summed E-state index contributed by atoms with van der Waals surface area (Å²) < 4.78 is 0. The van der Waals surface area contributed by atoms with Gasteiger partial charge < -0.3 is 4.90 Å². The zero-order valence-corrected chi connectivity index (χ0v) is 12.4. The van der Waals surface area contributed by atoms with E-state index in [1.165, 1.54) is 36.9 Å². The zero-order valence-electron chi connectivity index (χ0n) is 12.4. The molecule has 1 atom stereocenters. The molecule has 1 saturated carbocycles. The third kappa shape index (κ3) is 2.89. The Hall–Kier alpha value is -1.32. The summed E-state index contributed by atoms with van der Waals surface area (Å²) >= 11 is 0. The SMILES string of the molecule is Cc1cn[nH]c1C1CCN(C(=O)CCC2CCCC2)C1. The third-order valence-corrected chi connectivity index (χ3v) is 5.06. The van der Waals surface area contributed by atoms with Crippen LogP contribution in [0.15, 0.2) is 6.20 Å². The third-order valence-electron chi connectivity index (χ3n) is 5.06. The summed E-state index contributed by atoms with van der Waals surface area (Å²) in [6.07, 6.45) is 10.2. The van der Waals surface area contributed by atoms with Crippen molar-refractivity contribution in [1.82, 2.24) is 15.1 Å². The van der Waals surface area contributed by atoms with Gasteiger partial charge in [-0.2, -0.15) is 5.10 Å². The highest BCUT2D eigenvalue weighted by Gasteiger charge is 2.29. The number of likely N-dealkylation sites (tertiary alicyclic amines) is 1. The van der Waals surface area contributed by atoms with Crippen molar-refractivity contribution >= 4 is 5.91 Å². The van der Waals surface area contributed by atoms with Gasteiger partial charge in [0.15, 0.2) is 0 Å². The number of carbonyl (C=O) groups excluding carboxylic acids is 1. The molecule has 1 unspecified atom stereocenters. The summed E-state index contributed by atoms with van der Waals surface area (Å²) in [6.45, 7) is 3.86. The Kier molecular flexibility index (Phi) is 4.08. The molecule has 4 nitrogen and oxygen atoms in total. The van der Waals surface area contributed by atoms with Gasteiger partial charge in [-0.1, -0.05) is 25.7 Å². The standard InChI is InChI=1S/C16H25N3O/c1-12-10-17-18-16(12)14-8-9-19(11-14)15(20)7-6-13-4-2-3-5-13/h10,13-14H,2-9,11H2,1H3,(H,17,18). The Labute approximate surface area is 120 Å². The maximum Gasteiger partial charge on any atom is 0.222 e. The van der Waals surface area contributed by atoms with Crippen LogP contribution in [0.3, 0.4) is 0 Å². The van der Waals surface area contributed by atoms with Crippen molar-refractivity contribution in [3.05, 3.63) is 17.5 Å². The molecule has 1 N–H and O–H groups in total. The second kappa shape index (κ2) is 5.98. The highest BCUT2D eigenvalue weighted by atomic mass is 16.2. The number of H-pyrrole nitrogens is 1. The van der Waals surface area contributed by atoms with Crippen LogP contribution in [0.4, 0.5) is 0 Å². The quantitative estimate of drug-likeness (QED) is 0.918. The maximum atomic E-state index is 12.3. The average molecular weight is 275 g/mol. The molecule has 110 valence electrons. The highest BCUT2D eigenvalue weighted by molar-refractivity contribution is 5.76. The molecule has 3 rings (SSSR count). The van der Waals surface area contributed by atoms with E-state index in [0.29, 0.717) is 11.8 Å². The Bertz CT molecular complexity index is 462. The number of nitrogens with one attached hydrogen (secondary N) is 1. The van der Waals surface area contributed by atoms with Crippen LogP contribution in [0.1, 0.15) is 62.1 Å². The van der Waals surface area contributed by atoms with Crippen LogP contribution in [0.25, 0.3) is 0 Å². The van der Waals surface area contributed by atoms with Gasteiger partial charge in [0.25, 0.3) is 0 Å². The molecule has 2 heterocycles. The molecule has 0 spiro atoms. The first-order chi connectivity index (χ1) is 9.74. The largest absolute Gasteiger partial charge is 0.342 e. The van der Waals surface area contributed by atoms with Gasteiger partial charge in [0.2, 0.25) is 5.91 Å². The topological polar surface area (TPSA) is 49.0 Å². The van der Waals surface area contributed by atoms with Gasteiger partial charge in [-0.25, -0.2) is 0 Å². The van der Waals surface area contributed by atoms with Gasteiger partial charge >= 0.3 is 0 Å². The van der Waals surface area contributed by atoms with Gasteiger partial charge in [0, 0.05) is 31.1 Å². The number of aromatic nitrogens is 2. The van der Waals surface area contributed by atoms with Crippen LogP contribution in [0, 0.1) is 12.8 Å². The summed E-state index contributed by atoms with van der Waals surface area (Å²) in [4.78, 5) is 14.4. The van der Waals surface area contributed by atoms with E-state index in [4.69, 9.17) is 0 Å². The lowest BCUT2D eigenvalue weighted by Crippen LogP contribution is -2.28. The molecule has 0 radical (unpaired) electrons. The Morgan fingerprint density at radius 3 is 2.90 bits per heavy atom. The predicted octanol–water partition coefficient (Wildman–Crippen LogP) is 3.00. The summed E-state index contributed by atoms with van der Waals surface area (Å²) in [5, 5.41) is 7.19. The van der Waals surface area contributed by atoms with Gasteiger partial charge in [-0.05, 0) is 31.2 Å². The van der Waals surface area contributed by atoms with Crippen LogP contribution >= 0.6 is 0 Å². The first-order valence-electron chi connectivity index (χ1n) is 8.01. The fourth-order valence-electron chi connectivity index (χ4n) is 3.78. The number of hydrogen-bond donors (Lipinski definition) is 1. The van der Waals surface area contributed by atoms with E-state index in [9.17, 15) is 4.79 Å². The molecule has 0 aromatic carbocycles. The van der Waals surface area contributed by atoms with Crippen LogP contribution in [-0.4, -0.2) is 34.1 Å². The summed E-state index contributed by atoms with van der Waals surface area (Å²) in [5.74, 6) is 1.62. The van der Waals surface area contributed by atoms with Crippen LogP contribution < -0.4 is 0 Å². The van der Waals surface area contributed by atoms with Crippen LogP contribution in [-0.2, 0) is 4.79 Å². The van der Waals surface area contributed by atoms with E-state index < -0.39 is 0 Å². The second-order valence-electron chi connectivity index (χ2n) is 6.48. The van der Waals surface area contributed by atoms with E-state index in [0.717, 1.165) is 38.3 Å². The molecule has 1 aliphatic carbocycles. The zero-order chi connectivity index (χ0) is 13.9. The van der Waals surface area contributed by atoms with Crippen molar-refractivity contribution in [2.75, 3.05) is 13.1 Å². The van der Waals surface area contributed by atoms with Gasteiger partial charge in [0.05, 0.1) is 6.20 Å². The molecule has 1 saturated heterocycles. The van der Waals surface area contributed by atoms with E-state index in [-0.39, 0.29) is 0 Å². The molecular formula is C16H25N3O. The van der Waals surface area contributed by atoms with Crippen LogP contribution in [0.5, 0.6) is 0 Å². The van der Waals surface area contributed by atoms with Crippen molar-refractivity contribution in [3.8, 4) is 0 Å². The fraction of sp³-hybridized carbons (Fsp3) is 0.750. The first-order valence-corrected chi connectivity index (χ1v) is 8.01. The number of rotatable bonds is 4. The molecule has 1 aromatic rings. The first kappa shape index (κ1) is 13.7. The molecule has 2 aliphatic rings. The minimum atomic E-state index is 0.358. The lowest BCUT2D eigenvalue weighted by Gasteiger charge is -2.17. The van der Waals surface area contributed by atoms with Crippen molar-refractivity contribution in [2.45, 2.75) is 57.8 Å². The van der Waals surface area contributed by atoms with E-state index in [1.54, 1.807) is 0 Å². The van der Waals surface area contributed by atoms with Crippen molar-refractivity contribution in [3.63, 3.8) is 0 Å². The predicted molar refractivity (Wildman–Crippen MR) is 78.5 cm³/mol. The number of aromatic amines is 1. The normalized spacial score (nSPS) is 23.6. The number of amides is 1. The smallest absolute Gasteiger partial charge is 0.222 e. The molecule has 2 fully saturated rings. The molecule has 1 amide bonds. The lowest BCUT2D eigenvalue weighted by molar-refractivity contribution is -0.130. The maximum absolute atomic E-state index is 12.3. The number of nitrogens with zero attached hydrogens (tertiary/aromatic N) is 2. The van der Waals surface area contributed by atoms with E-state index >= 15 is 0 Å². The summed E-state index contributed by atoms with van der Waals surface area (Å²) in [5.41, 5.74) is 2.44. The molecule has 1 aromatic heterocycles. The molecule has 4 heteroatoms. The van der Waals surface area contributed by atoms with Crippen molar-refractivity contribution < 1.29 is 4.79 Å². The van der Waals surface area contributed by atoms with E-state index in [1.807, 2.05) is 6.20 Å². The van der Waals surface area contributed by atoms with E-state index in [2.05, 4.69) is 22.0 Å². The summed E-state index contributed by atoms with van der Waals surface area (Å²) in [6, 6.07) is 0. The molecule has 20 heavy (non-hydrogen) atoms. The van der Waals surface area contributed by atoms with Crippen LogP contribution in [0.2, 0.25) is 0 Å². The highest BCUT2D eigenvalue weighted by Crippen LogP contribution is 2.31. The number of aryl methyl sites for hydroxylation is 1. The molecule has 1 aliphatic heterocycles. The fourth-order valence-corrected chi connectivity index (χ4v) is 3.78. The average Bonchev–Trinajstić information content (AvgIpc) is 3.16. The Morgan fingerprint density at radius 2 is 2.20 bits per heavy atom. The van der Waals surface area contributed by atoms with Gasteiger partial charge in [-0.3, -0.25) is 9.89 Å². The monoisotopic (exact) mass is 275 g/mol.